The normalized spacial score (nSPS) is 17.0. The van der Waals surface area contributed by atoms with Crippen LogP contribution in [0.25, 0.3) is 22.0 Å². The predicted octanol–water partition coefficient (Wildman–Crippen LogP) is 5.34. The van der Waals surface area contributed by atoms with Crippen molar-refractivity contribution in [3.63, 3.8) is 0 Å². The van der Waals surface area contributed by atoms with Crippen LogP contribution in [0.15, 0.2) is 48.7 Å². The molecule has 31 heavy (non-hydrogen) atoms. The molecule has 2 aliphatic rings. The van der Waals surface area contributed by atoms with Crippen molar-refractivity contribution in [3.8, 4) is 22.6 Å². The number of halogens is 1. The van der Waals surface area contributed by atoms with Crippen LogP contribution in [0, 0.1) is 5.92 Å². The van der Waals surface area contributed by atoms with E-state index in [1.165, 1.54) is 0 Å². The van der Waals surface area contributed by atoms with Crippen LogP contribution in [0.4, 0.5) is 0 Å². The summed E-state index contributed by atoms with van der Waals surface area (Å²) >= 11 is 6.37. The van der Waals surface area contributed by atoms with Crippen molar-refractivity contribution in [3.05, 3.63) is 53.7 Å². The minimum absolute atomic E-state index is 0.161. The zero-order chi connectivity index (χ0) is 21.4. The van der Waals surface area contributed by atoms with Gasteiger partial charge in [0.1, 0.15) is 22.6 Å². The molecule has 5 rings (SSSR count). The second-order valence-electron chi connectivity index (χ2n) is 8.32. The van der Waals surface area contributed by atoms with Gasteiger partial charge in [-0.15, -0.1) is 0 Å². The Morgan fingerprint density at radius 1 is 1.03 bits per heavy atom. The molecular formula is C25H25ClN2O3. The van der Waals surface area contributed by atoms with Crippen molar-refractivity contribution in [1.82, 2.24) is 9.88 Å². The van der Waals surface area contributed by atoms with Gasteiger partial charge in [-0.1, -0.05) is 23.7 Å². The van der Waals surface area contributed by atoms with E-state index in [0.29, 0.717) is 22.6 Å². The van der Waals surface area contributed by atoms with Gasteiger partial charge >= 0.3 is 0 Å². The molecular weight excluding hydrogens is 412 g/mol. The van der Waals surface area contributed by atoms with Crippen molar-refractivity contribution in [2.24, 2.45) is 5.92 Å². The number of hydrogen-bond acceptors (Lipinski definition) is 4. The average Bonchev–Trinajstić information content (AvgIpc) is 3.65. The number of ether oxygens (including phenoxy) is 2. The lowest BCUT2D eigenvalue weighted by Crippen LogP contribution is -2.42. The highest BCUT2D eigenvalue weighted by Crippen LogP contribution is 2.34. The summed E-state index contributed by atoms with van der Waals surface area (Å²) in [7, 11) is 1.60. The Morgan fingerprint density at radius 3 is 2.45 bits per heavy atom. The number of aromatic nitrogens is 1. The highest BCUT2D eigenvalue weighted by atomic mass is 35.5. The Labute approximate surface area is 186 Å². The van der Waals surface area contributed by atoms with Crippen LogP contribution in [0.5, 0.6) is 11.5 Å². The number of carbonyl (C=O) groups excluding carboxylic acids is 1. The SMILES string of the molecule is COc1ccc2cc(-c3ccc(OC4CCN(C(=O)C5CC5)CC4)cc3)cnc2c1Cl. The van der Waals surface area contributed by atoms with E-state index in [4.69, 9.17) is 21.1 Å². The number of benzene rings is 2. The molecule has 2 aromatic carbocycles. The van der Waals surface area contributed by atoms with Gasteiger partial charge in [-0.3, -0.25) is 9.78 Å². The zero-order valence-electron chi connectivity index (χ0n) is 17.5. The maximum absolute atomic E-state index is 12.2. The van der Waals surface area contributed by atoms with E-state index < -0.39 is 0 Å². The van der Waals surface area contributed by atoms with Crippen LogP contribution in [0.3, 0.4) is 0 Å². The third kappa shape index (κ3) is 4.19. The van der Waals surface area contributed by atoms with E-state index >= 15 is 0 Å². The van der Waals surface area contributed by atoms with Crippen LogP contribution in [0.2, 0.25) is 5.02 Å². The van der Waals surface area contributed by atoms with Gasteiger partial charge in [0.25, 0.3) is 0 Å². The predicted molar refractivity (Wildman–Crippen MR) is 122 cm³/mol. The molecule has 0 atom stereocenters. The molecule has 1 saturated heterocycles. The molecule has 1 aliphatic carbocycles. The first-order valence-corrected chi connectivity index (χ1v) is 11.2. The lowest BCUT2D eigenvalue weighted by Gasteiger charge is -2.32. The van der Waals surface area contributed by atoms with Crippen LogP contribution < -0.4 is 9.47 Å². The largest absolute Gasteiger partial charge is 0.495 e. The maximum atomic E-state index is 12.2. The van der Waals surface area contributed by atoms with Gasteiger partial charge in [0.15, 0.2) is 0 Å². The van der Waals surface area contributed by atoms with Gasteiger partial charge < -0.3 is 14.4 Å². The van der Waals surface area contributed by atoms with Gasteiger partial charge in [0, 0.05) is 49.0 Å². The van der Waals surface area contributed by atoms with Gasteiger partial charge in [0.2, 0.25) is 5.91 Å². The number of hydrogen-bond donors (Lipinski definition) is 0. The minimum Gasteiger partial charge on any atom is -0.495 e. The third-order valence-corrected chi connectivity index (χ3v) is 6.51. The van der Waals surface area contributed by atoms with Gasteiger partial charge in [-0.05, 0) is 48.7 Å². The maximum Gasteiger partial charge on any atom is 0.225 e. The number of likely N-dealkylation sites (tertiary alicyclic amines) is 1. The van der Waals surface area contributed by atoms with Crippen molar-refractivity contribution in [2.75, 3.05) is 20.2 Å². The smallest absolute Gasteiger partial charge is 0.225 e. The molecule has 0 bridgehead atoms. The van der Waals surface area contributed by atoms with E-state index in [1.807, 2.05) is 35.4 Å². The highest BCUT2D eigenvalue weighted by Gasteiger charge is 2.35. The zero-order valence-corrected chi connectivity index (χ0v) is 18.3. The molecule has 6 heteroatoms. The fourth-order valence-corrected chi connectivity index (χ4v) is 4.46. The number of amides is 1. The standard InChI is InChI=1S/C25H25ClN2O3/c1-30-22-9-6-18-14-19(15-27-24(18)23(22)26)16-4-7-20(8-5-16)31-21-10-12-28(13-11-21)25(29)17-2-3-17/h4-9,14-15,17,21H,2-3,10-13H2,1H3. The van der Waals surface area contributed by atoms with Crippen molar-refractivity contribution < 1.29 is 14.3 Å². The molecule has 0 unspecified atom stereocenters. The van der Waals surface area contributed by atoms with E-state index in [1.54, 1.807) is 7.11 Å². The van der Waals surface area contributed by atoms with E-state index in [9.17, 15) is 4.79 Å². The molecule has 2 heterocycles. The number of rotatable bonds is 5. The molecule has 1 saturated carbocycles. The van der Waals surface area contributed by atoms with Crippen LogP contribution >= 0.6 is 11.6 Å². The molecule has 1 aliphatic heterocycles. The molecule has 5 nitrogen and oxygen atoms in total. The topological polar surface area (TPSA) is 51.7 Å². The lowest BCUT2D eigenvalue weighted by atomic mass is 10.0. The van der Waals surface area contributed by atoms with Crippen molar-refractivity contribution >= 4 is 28.4 Å². The Balaban J connectivity index is 1.24. The van der Waals surface area contributed by atoms with Crippen LogP contribution in [-0.4, -0.2) is 42.1 Å². The van der Waals surface area contributed by atoms with Gasteiger partial charge in [0.05, 0.1) is 12.6 Å². The first kappa shape index (κ1) is 20.1. The molecule has 160 valence electrons. The Morgan fingerprint density at radius 2 is 1.77 bits per heavy atom. The number of piperidine rings is 1. The molecule has 0 radical (unpaired) electrons. The summed E-state index contributed by atoms with van der Waals surface area (Å²) in [5.74, 6) is 2.12. The Bertz CT molecular complexity index is 1100. The lowest BCUT2D eigenvalue weighted by molar-refractivity contribution is -0.134. The number of pyridine rings is 1. The number of carbonyl (C=O) groups is 1. The Kier molecular flexibility index (Phi) is 5.45. The summed E-state index contributed by atoms with van der Waals surface area (Å²) in [4.78, 5) is 18.7. The van der Waals surface area contributed by atoms with Crippen molar-refractivity contribution in [2.45, 2.75) is 31.8 Å². The second-order valence-corrected chi connectivity index (χ2v) is 8.70. The van der Waals surface area contributed by atoms with Gasteiger partial charge in [-0.2, -0.15) is 0 Å². The molecule has 1 aromatic heterocycles. The monoisotopic (exact) mass is 436 g/mol. The summed E-state index contributed by atoms with van der Waals surface area (Å²) in [5, 5.41) is 1.50. The highest BCUT2D eigenvalue weighted by molar-refractivity contribution is 6.36. The fraction of sp³-hybridized carbons (Fsp3) is 0.360. The van der Waals surface area contributed by atoms with Crippen LogP contribution in [-0.2, 0) is 4.79 Å². The van der Waals surface area contributed by atoms with Crippen LogP contribution in [0.1, 0.15) is 25.7 Å². The number of methoxy groups -OCH3 is 1. The molecule has 1 amide bonds. The molecule has 0 N–H and O–H groups in total. The fourth-order valence-electron chi connectivity index (χ4n) is 4.16. The summed E-state index contributed by atoms with van der Waals surface area (Å²) in [6.07, 6.45) is 5.90. The minimum atomic E-state index is 0.161. The second kappa shape index (κ2) is 8.39. The first-order chi connectivity index (χ1) is 15.1. The van der Waals surface area contributed by atoms with E-state index in [2.05, 4.69) is 23.2 Å². The quantitative estimate of drug-likeness (QED) is 0.541. The molecule has 3 aromatic rings. The third-order valence-electron chi connectivity index (χ3n) is 6.15. The summed E-state index contributed by atoms with van der Waals surface area (Å²) in [6, 6.07) is 14.0. The summed E-state index contributed by atoms with van der Waals surface area (Å²) < 4.78 is 11.4. The van der Waals surface area contributed by atoms with E-state index in [0.717, 1.165) is 66.6 Å². The number of fused-ring (bicyclic) bond motifs is 1. The first-order valence-electron chi connectivity index (χ1n) is 10.8. The Hall–Kier alpha value is -2.79. The average molecular weight is 437 g/mol. The van der Waals surface area contributed by atoms with Crippen molar-refractivity contribution in [1.29, 1.82) is 0 Å². The van der Waals surface area contributed by atoms with Gasteiger partial charge in [-0.25, -0.2) is 0 Å². The molecule has 0 spiro atoms. The van der Waals surface area contributed by atoms with E-state index in [-0.39, 0.29) is 6.10 Å². The number of nitrogens with zero attached hydrogens (tertiary/aromatic N) is 2. The summed E-state index contributed by atoms with van der Waals surface area (Å²) in [5.41, 5.74) is 2.82. The molecule has 2 fully saturated rings. The summed E-state index contributed by atoms with van der Waals surface area (Å²) in [6.45, 7) is 1.60.